The summed E-state index contributed by atoms with van der Waals surface area (Å²) in [5.74, 6) is -5.43. The summed E-state index contributed by atoms with van der Waals surface area (Å²) >= 11 is 0. The van der Waals surface area contributed by atoms with Crippen LogP contribution < -0.4 is 10.6 Å². The van der Waals surface area contributed by atoms with Gasteiger partial charge in [-0.3, -0.25) is 9.59 Å². The van der Waals surface area contributed by atoms with Crippen LogP contribution >= 0.6 is 0 Å². The number of aromatic nitrogens is 4. The Kier molecular flexibility index (Phi) is 10.3. The van der Waals surface area contributed by atoms with Crippen molar-refractivity contribution >= 4 is 33.9 Å². The third-order valence-corrected chi connectivity index (χ3v) is 11.6. The van der Waals surface area contributed by atoms with Crippen LogP contribution in [0.1, 0.15) is 117 Å². The molecule has 0 bridgehead atoms. The third-order valence-electron chi connectivity index (χ3n) is 11.6. The van der Waals surface area contributed by atoms with Gasteiger partial charge >= 0.3 is 0 Å². The van der Waals surface area contributed by atoms with Crippen molar-refractivity contribution in [2.24, 2.45) is 22.7 Å². The average Bonchev–Trinajstić information content (AvgIpc) is 3.75. The maximum Gasteiger partial charge on any atom is 0.248 e. The highest BCUT2D eigenvalue weighted by molar-refractivity contribution is 5.85. The van der Waals surface area contributed by atoms with Gasteiger partial charge in [-0.25, -0.2) is 27.5 Å². The number of nitrogens with zero attached hydrogens (tertiary/aromatic N) is 2. The number of aromatic amines is 2. The molecule has 0 unspecified atom stereocenters. The van der Waals surface area contributed by atoms with Gasteiger partial charge in [0.25, 0.3) is 0 Å². The Balaban J connectivity index is 1.06. The van der Waals surface area contributed by atoms with Crippen LogP contribution in [0.25, 0.3) is 44.3 Å². The lowest BCUT2D eigenvalue weighted by Gasteiger charge is -2.33. The second-order valence-corrected chi connectivity index (χ2v) is 18.2. The SMILES string of the molecule is CC(C)(C)[C@H](NC(=O)C1CCC(F)(F)CC1)c1nc2ccc(-c3ccc(-c4ccc5nc([C@@H](NC(=O)C6CCC(F)(F)CC6)C(C)(C)C)[nH]c5c4)cc3)cc2[nH]1. The quantitative estimate of drug-likeness (QED) is 0.118. The van der Waals surface area contributed by atoms with Crippen LogP contribution in [0.4, 0.5) is 17.6 Å². The first kappa shape index (κ1) is 39.5. The molecule has 2 atom stereocenters. The fraction of sp³-hybridized carbons (Fsp3) is 0.500. The molecule has 2 aliphatic carbocycles. The smallest absolute Gasteiger partial charge is 0.248 e. The first-order valence-corrected chi connectivity index (χ1v) is 19.7. The van der Waals surface area contributed by atoms with Gasteiger partial charge in [-0.05, 0) is 83.0 Å². The number of H-pyrrole nitrogens is 2. The highest BCUT2D eigenvalue weighted by Gasteiger charge is 2.41. The maximum atomic E-state index is 13.7. The number of amides is 2. The van der Waals surface area contributed by atoms with E-state index in [-0.39, 0.29) is 74.0 Å². The molecule has 0 saturated heterocycles. The molecule has 2 heterocycles. The molecule has 298 valence electrons. The van der Waals surface area contributed by atoms with Gasteiger partial charge in [0.2, 0.25) is 23.7 Å². The second kappa shape index (κ2) is 14.6. The van der Waals surface area contributed by atoms with Gasteiger partial charge in [0, 0.05) is 37.5 Å². The van der Waals surface area contributed by atoms with Crippen LogP contribution in [0.2, 0.25) is 0 Å². The van der Waals surface area contributed by atoms with E-state index in [0.717, 1.165) is 44.3 Å². The van der Waals surface area contributed by atoms with E-state index in [0.29, 0.717) is 11.6 Å². The van der Waals surface area contributed by atoms with Gasteiger partial charge in [-0.2, -0.15) is 0 Å². The predicted octanol–water partition coefficient (Wildman–Crippen LogP) is 10.8. The fourth-order valence-corrected chi connectivity index (χ4v) is 8.06. The first-order chi connectivity index (χ1) is 26.2. The Hall–Kier alpha value is -4.74. The summed E-state index contributed by atoms with van der Waals surface area (Å²) in [6, 6.07) is 19.4. The number of carbonyl (C=O) groups is 2. The number of nitrogens with one attached hydrogen (secondary N) is 4. The summed E-state index contributed by atoms with van der Waals surface area (Å²) in [5, 5.41) is 6.25. The molecule has 2 aromatic heterocycles. The van der Waals surface area contributed by atoms with Gasteiger partial charge < -0.3 is 20.6 Å². The van der Waals surface area contributed by atoms with E-state index in [1.807, 2.05) is 77.9 Å². The van der Waals surface area contributed by atoms with Crippen LogP contribution in [-0.2, 0) is 9.59 Å². The zero-order valence-electron chi connectivity index (χ0n) is 33.0. The monoisotopic (exact) mass is 772 g/mol. The molecule has 4 N–H and O–H groups in total. The van der Waals surface area contributed by atoms with Crippen molar-refractivity contribution in [2.75, 3.05) is 0 Å². The molecule has 7 rings (SSSR count). The molecular formula is C44H52F4N6O2. The normalized spacial score (nSPS) is 19.2. The lowest BCUT2D eigenvalue weighted by atomic mass is 9.83. The zero-order valence-corrected chi connectivity index (χ0v) is 33.0. The van der Waals surface area contributed by atoms with Crippen molar-refractivity contribution in [1.29, 1.82) is 0 Å². The summed E-state index contributed by atoms with van der Waals surface area (Å²) < 4.78 is 55.0. The first-order valence-electron chi connectivity index (χ1n) is 19.7. The molecule has 8 nitrogen and oxygen atoms in total. The summed E-state index contributed by atoms with van der Waals surface area (Å²) in [6.45, 7) is 12.1. The molecule has 0 spiro atoms. The molecule has 2 aliphatic rings. The van der Waals surface area contributed by atoms with E-state index < -0.39 is 35.8 Å². The maximum absolute atomic E-state index is 13.7. The largest absolute Gasteiger partial charge is 0.345 e. The van der Waals surface area contributed by atoms with E-state index in [9.17, 15) is 27.2 Å². The highest BCUT2D eigenvalue weighted by atomic mass is 19.3. The van der Waals surface area contributed by atoms with E-state index in [4.69, 9.17) is 9.97 Å². The predicted molar refractivity (Wildman–Crippen MR) is 211 cm³/mol. The van der Waals surface area contributed by atoms with Crippen LogP contribution in [0, 0.1) is 22.7 Å². The van der Waals surface area contributed by atoms with Gasteiger partial charge in [-0.15, -0.1) is 0 Å². The summed E-state index contributed by atoms with van der Waals surface area (Å²) in [6.07, 6.45) is -0.373. The van der Waals surface area contributed by atoms with Crippen molar-refractivity contribution in [1.82, 2.24) is 30.6 Å². The number of rotatable bonds is 8. The lowest BCUT2D eigenvalue weighted by Crippen LogP contribution is -2.42. The second-order valence-electron chi connectivity index (χ2n) is 18.2. The Morgan fingerprint density at radius 1 is 0.589 bits per heavy atom. The molecule has 5 aromatic rings. The van der Waals surface area contributed by atoms with Crippen LogP contribution in [0.5, 0.6) is 0 Å². The average molecular weight is 773 g/mol. The highest BCUT2D eigenvalue weighted by Crippen LogP contribution is 2.40. The number of imidazole rings is 2. The minimum absolute atomic E-state index is 0.173. The van der Waals surface area contributed by atoms with E-state index in [1.54, 1.807) is 0 Å². The molecule has 0 radical (unpaired) electrons. The van der Waals surface area contributed by atoms with Gasteiger partial charge in [0.15, 0.2) is 0 Å². The van der Waals surface area contributed by atoms with Crippen LogP contribution in [-0.4, -0.2) is 43.6 Å². The molecular weight excluding hydrogens is 721 g/mol. The van der Waals surface area contributed by atoms with Crippen molar-refractivity contribution in [3.8, 4) is 22.3 Å². The number of hydrogen-bond acceptors (Lipinski definition) is 4. The van der Waals surface area contributed by atoms with Gasteiger partial charge in [-0.1, -0.05) is 77.9 Å². The van der Waals surface area contributed by atoms with Gasteiger partial charge in [0.05, 0.1) is 34.2 Å². The minimum atomic E-state index is -2.69. The topological polar surface area (TPSA) is 116 Å². The Bertz CT molecular complexity index is 2050. The molecule has 12 heteroatoms. The number of fused-ring (bicyclic) bond motifs is 2. The van der Waals surface area contributed by atoms with Gasteiger partial charge in [0.1, 0.15) is 11.6 Å². The molecule has 2 amide bonds. The van der Waals surface area contributed by atoms with Crippen molar-refractivity contribution in [3.05, 3.63) is 72.3 Å². The number of alkyl halides is 4. The fourth-order valence-electron chi connectivity index (χ4n) is 8.06. The Morgan fingerprint density at radius 2 is 0.911 bits per heavy atom. The third kappa shape index (κ3) is 8.64. The zero-order chi connectivity index (χ0) is 40.2. The molecule has 56 heavy (non-hydrogen) atoms. The van der Waals surface area contributed by atoms with Crippen LogP contribution in [0.15, 0.2) is 60.7 Å². The summed E-state index contributed by atoms with van der Waals surface area (Å²) in [7, 11) is 0. The summed E-state index contributed by atoms with van der Waals surface area (Å²) in [5.41, 5.74) is 6.42. The molecule has 3 aromatic carbocycles. The number of carbonyl (C=O) groups excluding carboxylic acids is 2. The number of halogens is 4. The number of hydrogen-bond donors (Lipinski definition) is 4. The Labute approximate surface area is 325 Å². The Morgan fingerprint density at radius 3 is 1.23 bits per heavy atom. The van der Waals surface area contributed by atoms with Crippen molar-refractivity contribution < 1.29 is 27.2 Å². The van der Waals surface area contributed by atoms with Crippen LogP contribution in [0.3, 0.4) is 0 Å². The molecule has 2 fully saturated rings. The van der Waals surface area contributed by atoms with Crippen molar-refractivity contribution in [2.45, 2.75) is 117 Å². The van der Waals surface area contributed by atoms with E-state index in [2.05, 4.69) is 44.9 Å². The molecule has 2 saturated carbocycles. The lowest BCUT2D eigenvalue weighted by molar-refractivity contribution is -0.131. The van der Waals surface area contributed by atoms with E-state index in [1.165, 1.54) is 0 Å². The van der Waals surface area contributed by atoms with Crippen molar-refractivity contribution in [3.63, 3.8) is 0 Å². The number of benzene rings is 3. The summed E-state index contributed by atoms with van der Waals surface area (Å²) in [4.78, 5) is 43.0. The van der Waals surface area contributed by atoms with E-state index >= 15 is 0 Å². The molecule has 0 aliphatic heterocycles. The standard InChI is InChI=1S/C44H52F4N6O2/c1-41(2,3)35(53-39(55)27-15-19-43(45,46)20-16-27)37-49-31-13-11-29(23-33(31)51-37)25-7-9-26(10-8-25)30-12-14-32-34(24-30)52-38(50-32)36(42(4,5)6)54-40(56)28-17-21-44(47,48)22-18-28/h7-14,23-24,27-28,35-36H,15-22H2,1-6H3,(H,49,51)(H,50,52)(H,53,55)(H,54,56)/t35-,36-/m1/s1. The minimum Gasteiger partial charge on any atom is -0.345 e.